The van der Waals surface area contributed by atoms with E-state index in [1.807, 2.05) is 0 Å². The third-order valence-electron chi connectivity index (χ3n) is 2.16. The van der Waals surface area contributed by atoms with E-state index in [1.54, 1.807) is 17.5 Å². The van der Waals surface area contributed by atoms with Gasteiger partial charge < -0.3 is 0 Å². The number of carbonyl (C=O) groups is 2. The van der Waals surface area contributed by atoms with Crippen molar-refractivity contribution in [3.05, 3.63) is 56.2 Å². The van der Waals surface area contributed by atoms with E-state index in [4.69, 9.17) is 23.2 Å². The second-order valence-corrected chi connectivity index (χ2v) is 5.36. The first-order valence-electron chi connectivity index (χ1n) is 5.16. The molecule has 2 N–H and O–H groups in total. The van der Waals surface area contributed by atoms with Gasteiger partial charge in [-0.15, -0.1) is 11.3 Å². The van der Waals surface area contributed by atoms with Gasteiger partial charge in [0.25, 0.3) is 11.8 Å². The summed E-state index contributed by atoms with van der Waals surface area (Å²) in [5.74, 6) is -0.870. The van der Waals surface area contributed by atoms with E-state index in [2.05, 4.69) is 10.9 Å². The van der Waals surface area contributed by atoms with Crippen molar-refractivity contribution in [2.45, 2.75) is 0 Å². The fourth-order valence-electron chi connectivity index (χ4n) is 1.34. The van der Waals surface area contributed by atoms with E-state index in [0.717, 1.165) is 0 Å². The molecule has 1 aromatic carbocycles. The monoisotopic (exact) mass is 314 g/mol. The van der Waals surface area contributed by atoms with Crippen molar-refractivity contribution in [1.82, 2.24) is 10.9 Å². The van der Waals surface area contributed by atoms with Gasteiger partial charge in [-0.3, -0.25) is 20.4 Å². The number of carbonyl (C=O) groups excluding carboxylic acids is 2. The number of benzene rings is 1. The Morgan fingerprint density at radius 1 is 1.00 bits per heavy atom. The van der Waals surface area contributed by atoms with E-state index in [0.29, 0.717) is 14.9 Å². The molecule has 0 spiro atoms. The molecule has 0 fully saturated rings. The van der Waals surface area contributed by atoms with Gasteiger partial charge in [-0.2, -0.15) is 0 Å². The Bertz CT molecular complexity index is 594. The van der Waals surface area contributed by atoms with Crippen LogP contribution in [0.5, 0.6) is 0 Å². The average Bonchev–Trinajstić information content (AvgIpc) is 2.88. The van der Waals surface area contributed by atoms with Crippen molar-refractivity contribution in [2.75, 3.05) is 0 Å². The van der Waals surface area contributed by atoms with Crippen LogP contribution in [0.1, 0.15) is 20.0 Å². The molecule has 0 aliphatic heterocycles. The fraction of sp³-hybridized carbons (Fsp3) is 0. The Labute approximate surface area is 123 Å². The molecule has 2 amide bonds. The Kier molecular flexibility index (Phi) is 4.42. The lowest BCUT2D eigenvalue weighted by Gasteiger charge is -2.07. The lowest BCUT2D eigenvalue weighted by Crippen LogP contribution is -2.41. The van der Waals surface area contributed by atoms with Crippen molar-refractivity contribution in [3.63, 3.8) is 0 Å². The summed E-state index contributed by atoms with van der Waals surface area (Å²) in [5, 5.41) is 2.47. The first-order chi connectivity index (χ1) is 9.06. The van der Waals surface area contributed by atoms with E-state index >= 15 is 0 Å². The Balaban J connectivity index is 2.00. The zero-order valence-corrected chi connectivity index (χ0v) is 11.8. The first-order valence-corrected chi connectivity index (χ1v) is 6.80. The van der Waals surface area contributed by atoms with Crippen molar-refractivity contribution >= 4 is 46.4 Å². The maximum Gasteiger partial charge on any atom is 0.279 e. The lowest BCUT2D eigenvalue weighted by molar-refractivity contribution is 0.0849. The van der Waals surface area contributed by atoms with Crippen LogP contribution >= 0.6 is 34.5 Å². The second kappa shape index (κ2) is 6.06. The Morgan fingerprint density at radius 3 is 2.21 bits per heavy atom. The molecule has 0 saturated carbocycles. The molecule has 4 nitrogen and oxygen atoms in total. The van der Waals surface area contributed by atoms with Gasteiger partial charge in [0.1, 0.15) is 0 Å². The van der Waals surface area contributed by atoms with Crippen molar-refractivity contribution < 1.29 is 9.59 Å². The van der Waals surface area contributed by atoms with Gasteiger partial charge in [0.05, 0.1) is 4.88 Å². The molecule has 0 unspecified atom stereocenters. The maximum atomic E-state index is 11.8. The number of rotatable bonds is 2. The normalized spacial score (nSPS) is 10.0. The van der Waals surface area contributed by atoms with E-state index in [9.17, 15) is 9.59 Å². The molecule has 0 bridgehead atoms. The van der Waals surface area contributed by atoms with E-state index in [-0.39, 0.29) is 11.5 Å². The van der Waals surface area contributed by atoms with Gasteiger partial charge >= 0.3 is 0 Å². The van der Waals surface area contributed by atoms with Crippen molar-refractivity contribution in [1.29, 1.82) is 0 Å². The van der Waals surface area contributed by atoms with Crippen LogP contribution in [-0.2, 0) is 0 Å². The summed E-state index contributed by atoms with van der Waals surface area (Å²) in [6.45, 7) is 0. The highest BCUT2D eigenvalue weighted by molar-refractivity contribution is 7.12. The summed E-state index contributed by atoms with van der Waals surface area (Å²) in [5.41, 5.74) is 4.87. The zero-order chi connectivity index (χ0) is 13.8. The molecule has 1 aromatic heterocycles. The number of amides is 2. The highest BCUT2D eigenvalue weighted by atomic mass is 35.5. The number of halogens is 2. The van der Waals surface area contributed by atoms with Gasteiger partial charge in [-0.05, 0) is 29.6 Å². The quantitative estimate of drug-likeness (QED) is 0.837. The SMILES string of the molecule is O=C(NNC(=O)c1cccs1)c1cc(Cl)cc(Cl)c1. The fourth-order valence-corrected chi connectivity index (χ4v) is 2.48. The van der Waals surface area contributed by atoms with Gasteiger partial charge in [0.15, 0.2) is 0 Å². The highest BCUT2D eigenvalue weighted by Crippen LogP contribution is 2.18. The van der Waals surface area contributed by atoms with Crippen LogP contribution in [-0.4, -0.2) is 11.8 Å². The van der Waals surface area contributed by atoms with Crippen molar-refractivity contribution in [3.8, 4) is 0 Å². The summed E-state index contributed by atoms with van der Waals surface area (Å²) >= 11 is 12.9. The van der Waals surface area contributed by atoms with Crippen LogP contribution in [0.2, 0.25) is 10.0 Å². The molecule has 2 aromatic rings. The molecule has 0 aliphatic carbocycles. The number of nitrogens with one attached hydrogen (secondary N) is 2. The molecule has 98 valence electrons. The van der Waals surface area contributed by atoms with Gasteiger partial charge in [-0.25, -0.2) is 0 Å². The Hall–Kier alpha value is -1.56. The molecule has 0 radical (unpaired) electrons. The molecule has 0 atom stereocenters. The van der Waals surface area contributed by atoms with Crippen molar-refractivity contribution in [2.24, 2.45) is 0 Å². The molecule has 0 saturated heterocycles. The minimum atomic E-state index is -0.491. The molecular formula is C12H8Cl2N2O2S. The second-order valence-electron chi connectivity index (χ2n) is 3.54. The number of thiophene rings is 1. The molecular weight excluding hydrogens is 307 g/mol. The predicted octanol–water partition coefficient (Wildman–Crippen LogP) is 3.13. The first kappa shape index (κ1) is 13.9. The van der Waals surface area contributed by atoms with E-state index in [1.165, 1.54) is 29.5 Å². The number of hydrogen-bond acceptors (Lipinski definition) is 3. The van der Waals surface area contributed by atoms with Crippen LogP contribution < -0.4 is 10.9 Å². The third kappa shape index (κ3) is 3.70. The molecule has 19 heavy (non-hydrogen) atoms. The summed E-state index contributed by atoms with van der Waals surface area (Å²) in [6, 6.07) is 7.84. The highest BCUT2D eigenvalue weighted by Gasteiger charge is 2.10. The smallest absolute Gasteiger partial charge is 0.267 e. The topological polar surface area (TPSA) is 58.2 Å². The lowest BCUT2D eigenvalue weighted by atomic mass is 10.2. The standard InChI is InChI=1S/C12H8Cl2N2O2S/c13-8-4-7(5-9(14)6-8)11(17)15-16-12(18)10-2-1-3-19-10/h1-6H,(H,15,17)(H,16,18). The van der Waals surface area contributed by atoms with E-state index < -0.39 is 5.91 Å². The number of hydrazine groups is 1. The average molecular weight is 315 g/mol. The maximum absolute atomic E-state index is 11.8. The summed E-state index contributed by atoms with van der Waals surface area (Å²) < 4.78 is 0. The minimum absolute atomic E-state index is 0.268. The third-order valence-corrected chi connectivity index (χ3v) is 3.46. The largest absolute Gasteiger partial charge is 0.279 e. The molecule has 1 heterocycles. The van der Waals surface area contributed by atoms with Gasteiger partial charge in [0.2, 0.25) is 0 Å². The molecule has 7 heteroatoms. The van der Waals surface area contributed by atoms with Crippen LogP contribution in [0.15, 0.2) is 35.7 Å². The predicted molar refractivity (Wildman–Crippen MR) is 75.7 cm³/mol. The summed E-state index contributed by atoms with van der Waals surface area (Å²) in [7, 11) is 0. The zero-order valence-electron chi connectivity index (χ0n) is 9.44. The van der Waals surface area contributed by atoms with Crippen LogP contribution in [0.4, 0.5) is 0 Å². The summed E-state index contributed by atoms with van der Waals surface area (Å²) in [6.07, 6.45) is 0. The minimum Gasteiger partial charge on any atom is -0.267 e. The van der Waals surface area contributed by atoms with Gasteiger partial charge in [0, 0.05) is 15.6 Å². The number of hydrogen-bond donors (Lipinski definition) is 2. The molecule has 0 aliphatic rings. The van der Waals surface area contributed by atoms with Crippen LogP contribution in [0.25, 0.3) is 0 Å². The summed E-state index contributed by atoms with van der Waals surface area (Å²) in [4.78, 5) is 23.9. The van der Waals surface area contributed by atoms with Crippen LogP contribution in [0, 0.1) is 0 Å². The molecule has 2 rings (SSSR count). The Morgan fingerprint density at radius 2 is 1.63 bits per heavy atom. The van der Waals surface area contributed by atoms with Gasteiger partial charge in [-0.1, -0.05) is 29.3 Å². The van der Waals surface area contributed by atoms with Crippen LogP contribution in [0.3, 0.4) is 0 Å².